The van der Waals surface area contributed by atoms with Crippen LogP contribution < -0.4 is 20.3 Å². The first-order chi connectivity index (χ1) is 15.0. The van der Waals surface area contributed by atoms with Gasteiger partial charge in [-0.2, -0.15) is 0 Å². The third-order valence-corrected chi connectivity index (χ3v) is 5.17. The van der Waals surface area contributed by atoms with Gasteiger partial charge in [0.25, 0.3) is 5.56 Å². The number of anilines is 1. The molecule has 1 aliphatic heterocycles. The molecule has 0 fully saturated rings. The minimum atomic E-state index is -0.377. The summed E-state index contributed by atoms with van der Waals surface area (Å²) in [5, 5.41) is 13.4. The van der Waals surface area contributed by atoms with Gasteiger partial charge in [-0.15, -0.1) is 0 Å². The minimum Gasteiger partial charge on any atom is -0.486 e. The maximum atomic E-state index is 12.8. The largest absolute Gasteiger partial charge is 0.486 e. The number of pyridine rings is 1. The number of nitrogens with zero attached hydrogens (tertiary/aromatic N) is 1. The fourth-order valence-electron chi connectivity index (χ4n) is 3.36. The standard InChI is InChI=1S/C22H22ClN3O5/c23-16-2-4-17(5-3-16)24-22(29)26(6-1-7-27)13-15-10-14-11-19-20(31-9-8-30-19)12-18(14)25-21(15)28/h2-5,10-12,27H,1,6-9,13H2,(H,24,29)(H,25,28). The third kappa shape index (κ3) is 4.92. The summed E-state index contributed by atoms with van der Waals surface area (Å²) in [6, 6.07) is 11.7. The predicted octanol–water partition coefficient (Wildman–Crippen LogP) is 3.37. The number of benzene rings is 2. The molecule has 162 valence electrons. The van der Waals surface area contributed by atoms with Gasteiger partial charge < -0.3 is 29.8 Å². The maximum absolute atomic E-state index is 12.8. The Morgan fingerprint density at radius 2 is 1.84 bits per heavy atom. The molecule has 1 aliphatic rings. The molecule has 0 spiro atoms. The summed E-state index contributed by atoms with van der Waals surface area (Å²) in [7, 11) is 0. The van der Waals surface area contributed by atoms with E-state index in [1.807, 2.05) is 6.07 Å². The van der Waals surface area contributed by atoms with Gasteiger partial charge in [0.05, 0.1) is 12.1 Å². The molecule has 2 aromatic carbocycles. The van der Waals surface area contributed by atoms with E-state index in [0.29, 0.717) is 52.9 Å². The highest BCUT2D eigenvalue weighted by molar-refractivity contribution is 6.30. The summed E-state index contributed by atoms with van der Waals surface area (Å²) in [5.41, 5.74) is 1.34. The zero-order valence-corrected chi connectivity index (χ0v) is 17.4. The molecule has 31 heavy (non-hydrogen) atoms. The molecule has 2 amide bonds. The summed E-state index contributed by atoms with van der Waals surface area (Å²) in [6.45, 7) is 1.23. The molecule has 9 heteroatoms. The van der Waals surface area contributed by atoms with Gasteiger partial charge in [0, 0.05) is 40.9 Å². The van der Waals surface area contributed by atoms with E-state index in [9.17, 15) is 14.7 Å². The first-order valence-electron chi connectivity index (χ1n) is 9.91. The van der Waals surface area contributed by atoms with Crippen molar-refractivity contribution in [2.45, 2.75) is 13.0 Å². The van der Waals surface area contributed by atoms with Gasteiger partial charge in [0.15, 0.2) is 11.5 Å². The summed E-state index contributed by atoms with van der Waals surface area (Å²) >= 11 is 5.89. The van der Waals surface area contributed by atoms with Crippen molar-refractivity contribution >= 4 is 34.2 Å². The number of ether oxygens (including phenoxy) is 2. The molecule has 3 aromatic rings. The number of hydrogen-bond acceptors (Lipinski definition) is 5. The number of fused-ring (bicyclic) bond motifs is 2. The number of H-pyrrole nitrogens is 1. The molecule has 4 rings (SSSR count). The molecule has 0 unspecified atom stereocenters. The number of aromatic nitrogens is 1. The molecule has 0 aliphatic carbocycles. The zero-order chi connectivity index (χ0) is 21.8. The number of aromatic amines is 1. The van der Waals surface area contributed by atoms with Crippen LogP contribution in [-0.4, -0.2) is 47.4 Å². The Bertz CT molecular complexity index is 1150. The van der Waals surface area contributed by atoms with Gasteiger partial charge in [0.2, 0.25) is 0 Å². The van der Waals surface area contributed by atoms with Gasteiger partial charge in [-0.05, 0) is 42.8 Å². The van der Waals surface area contributed by atoms with Crippen molar-refractivity contribution in [2.24, 2.45) is 0 Å². The van der Waals surface area contributed by atoms with E-state index in [2.05, 4.69) is 10.3 Å². The molecule has 0 atom stereocenters. The lowest BCUT2D eigenvalue weighted by molar-refractivity contribution is 0.172. The molecular formula is C22H22ClN3O5. The average molecular weight is 444 g/mol. The first-order valence-corrected chi connectivity index (χ1v) is 10.3. The summed E-state index contributed by atoms with van der Waals surface area (Å²) in [4.78, 5) is 29.8. The number of carbonyl (C=O) groups excluding carboxylic acids is 1. The van der Waals surface area contributed by atoms with Crippen molar-refractivity contribution in [3.8, 4) is 11.5 Å². The Balaban J connectivity index is 1.59. The normalized spacial score (nSPS) is 12.6. The number of halogens is 1. The van der Waals surface area contributed by atoms with E-state index < -0.39 is 0 Å². The van der Waals surface area contributed by atoms with E-state index in [1.165, 1.54) is 4.90 Å². The van der Waals surface area contributed by atoms with Crippen LogP contribution in [0.25, 0.3) is 10.9 Å². The predicted molar refractivity (Wildman–Crippen MR) is 118 cm³/mol. The van der Waals surface area contributed by atoms with Crippen LogP contribution in [0, 0.1) is 0 Å². The fraction of sp³-hybridized carbons (Fsp3) is 0.273. The molecule has 0 saturated heterocycles. The fourth-order valence-corrected chi connectivity index (χ4v) is 3.49. The number of aliphatic hydroxyl groups is 1. The van der Waals surface area contributed by atoms with Crippen molar-refractivity contribution in [3.63, 3.8) is 0 Å². The van der Waals surface area contributed by atoms with Crippen molar-refractivity contribution < 1.29 is 19.4 Å². The van der Waals surface area contributed by atoms with E-state index in [0.717, 1.165) is 5.39 Å². The molecule has 0 bridgehead atoms. The number of urea groups is 1. The summed E-state index contributed by atoms with van der Waals surface area (Å²) in [5.74, 6) is 1.21. The molecule has 1 aromatic heterocycles. The van der Waals surface area contributed by atoms with Gasteiger partial charge >= 0.3 is 6.03 Å². The second-order valence-corrected chi connectivity index (χ2v) is 7.58. The number of nitrogens with one attached hydrogen (secondary N) is 2. The lowest BCUT2D eigenvalue weighted by atomic mass is 10.1. The minimum absolute atomic E-state index is 0.0672. The summed E-state index contributed by atoms with van der Waals surface area (Å²) in [6.07, 6.45) is 0.387. The van der Waals surface area contributed by atoms with Crippen LogP contribution in [0.5, 0.6) is 11.5 Å². The average Bonchev–Trinajstić information content (AvgIpc) is 2.77. The SMILES string of the molecule is O=C(Nc1ccc(Cl)cc1)N(CCCO)Cc1cc2cc3c(cc2[nH]c1=O)OCCO3. The van der Waals surface area contributed by atoms with Crippen LogP contribution in [0.4, 0.5) is 10.5 Å². The van der Waals surface area contributed by atoms with Gasteiger partial charge in [-0.3, -0.25) is 4.79 Å². The van der Waals surface area contributed by atoms with E-state index in [1.54, 1.807) is 36.4 Å². The van der Waals surface area contributed by atoms with Crippen molar-refractivity contribution in [1.29, 1.82) is 0 Å². The zero-order valence-electron chi connectivity index (χ0n) is 16.7. The molecule has 2 heterocycles. The van der Waals surface area contributed by atoms with Crippen molar-refractivity contribution in [3.05, 3.63) is 63.4 Å². The Morgan fingerprint density at radius 3 is 2.55 bits per heavy atom. The number of hydrogen-bond donors (Lipinski definition) is 3. The van der Waals surface area contributed by atoms with E-state index >= 15 is 0 Å². The van der Waals surface area contributed by atoms with Crippen LogP contribution in [-0.2, 0) is 6.54 Å². The Labute approximate surface area is 183 Å². The highest BCUT2D eigenvalue weighted by Crippen LogP contribution is 2.33. The quantitative estimate of drug-likeness (QED) is 0.542. The second-order valence-electron chi connectivity index (χ2n) is 7.14. The molecule has 3 N–H and O–H groups in total. The van der Waals surface area contributed by atoms with Crippen molar-refractivity contribution in [1.82, 2.24) is 9.88 Å². The Hall–Kier alpha value is -3.23. The monoisotopic (exact) mass is 443 g/mol. The van der Waals surface area contributed by atoms with Crippen LogP contribution in [0.2, 0.25) is 5.02 Å². The van der Waals surface area contributed by atoms with Crippen LogP contribution >= 0.6 is 11.6 Å². The first kappa shape index (κ1) is 21.0. The topological polar surface area (TPSA) is 104 Å². The Morgan fingerprint density at radius 1 is 1.13 bits per heavy atom. The molecule has 0 radical (unpaired) electrons. The van der Waals surface area contributed by atoms with E-state index in [4.69, 9.17) is 21.1 Å². The lowest BCUT2D eigenvalue weighted by Gasteiger charge is -2.23. The van der Waals surface area contributed by atoms with Crippen molar-refractivity contribution in [2.75, 3.05) is 31.7 Å². The number of aliphatic hydroxyl groups excluding tert-OH is 1. The van der Waals surface area contributed by atoms with Crippen LogP contribution in [0.3, 0.4) is 0 Å². The second kappa shape index (κ2) is 9.28. The highest BCUT2D eigenvalue weighted by atomic mass is 35.5. The van der Waals surface area contributed by atoms with Crippen LogP contribution in [0.1, 0.15) is 12.0 Å². The number of rotatable bonds is 6. The van der Waals surface area contributed by atoms with E-state index in [-0.39, 0.29) is 31.3 Å². The smallest absolute Gasteiger partial charge is 0.322 e. The highest BCUT2D eigenvalue weighted by Gasteiger charge is 2.18. The van der Waals surface area contributed by atoms with Crippen LogP contribution in [0.15, 0.2) is 47.3 Å². The van der Waals surface area contributed by atoms with Gasteiger partial charge in [-0.1, -0.05) is 11.6 Å². The Kier molecular flexibility index (Phi) is 6.29. The summed E-state index contributed by atoms with van der Waals surface area (Å²) < 4.78 is 11.2. The molecular weight excluding hydrogens is 422 g/mol. The van der Waals surface area contributed by atoms with Gasteiger partial charge in [-0.25, -0.2) is 4.79 Å². The maximum Gasteiger partial charge on any atom is 0.322 e. The molecule has 8 nitrogen and oxygen atoms in total. The molecule has 0 saturated carbocycles. The lowest BCUT2D eigenvalue weighted by Crippen LogP contribution is -2.37. The van der Waals surface area contributed by atoms with Gasteiger partial charge in [0.1, 0.15) is 13.2 Å². The third-order valence-electron chi connectivity index (χ3n) is 4.91. The number of amides is 2. The number of carbonyl (C=O) groups is 1.